The Kier molecular flexibility index (Phi) is 6.22. The Morgan fingerprint density at radius 2 is 2.05 bits per heavy atom. The van der Waals surface area contributed by atoms with Crippen LogP contribution in [0, 0.1) is 0 Å². The normalized spacial score (nSPS) is 10.3. The van der Waals surface area contributed by atoms with E-state index in [9.17, 15) is 4.79 Å². The van der Waals surface area contributed by atoms with Gasteiger partial charge >= 0.3 is 0 Å². The van der Waals surface area contributed by atoms with Gasteiger partial charge in [0.25, 0.3) is 0 Å². The Labute approximate surface area is 129 Å². The van der Waals surface area contributed by atoms with E-state index in [1.54, 1.807) is 42.3 Å². The smallest absolute Gasteiger partial charge is 0.223 e. The minimum atomic E-state index is 0.140. The number of rotatable bonds is 7. The third kappa shape index (κ3) is 5.55. The van der Waals surface area contributed by atoms with E-state index in [2.05, 4.69) is 22.1 Å². The van der Waals surface area contributed by atoms with Gasteiger partial charge in [0.05, 0.1) is 18.4 Å². The summed E-state index contributed by atoms with van der Waals surface area (Å²) in [6, 6.07) is 10.3. The highest BCUT2D eigenvalue weighted by Gasteiger charge is 2.09. The van der Waals surface area contributed by atoms with Crippen molar-refractivity contribution in [3.05, 3.63) is 60.2 Å². The first-order valence-corrected chi connectivity index (χ1v) is 8.01. The molecule has 0 saturated heterocycles. The van der Waals surface area contributed by atoms with E-state index >= 15 is 0 Å². The van der Waals surface area contributed by atoms with Crippen molar-refractivity contribution in [3.8, 4) is 0 Å². The van der Waals surface area contributed by atoms with Gasteiger partial charge in [0.15, 0.2) is 0 Å². The molecular formula is C16H19N3OS. The highest BCUT2D eigenvalue weighted by molar-refractivity contribution is 7.98. The van der Waals surface area contributed by atoms with Crippen LogP contribution < -0.4 is 0 Å². The number of amides is 1. The molecular weight excluding hydrogens is 282 g/mol. The highest BCUT2D eigenvalue weighted by Crippen LogP contribution is 2.13. The Hall–Kier alpha value is -1.88. The van der Waals surface area contributed by atoms with Crippen molar-refractivity contribution in [2.45, 2.75) is 18.7 Å². The van der Waals surface area contributed by atoms with E-state index in [1.807, 2.05) is 18.2 Å². The number of hydrogen-bond donors (Lipinski definition) is 0. The summed E-state index contributed by atoms with van der Waals surface area (Å²) < 4.78 is 0. The van der Waals surface area contributed by atoms with Crippen molar-refractivity contribution < 1.29 is 4.79 Å². The number of carbonyl (C=O) groups is 1. The predicted octanol–water partition coefficient (Wildman–Crippen LogP) is 2.76. The molecule has 1 aromatic carbocycles. The van der Waals surface area contributed by atoms with Gasteiger partial charge in [-0.25, -0.2) is 0 Å². The first-order chi connectivity index (χ1) is 10.3. The maximum Gasteiger partial charge on any atom is 0.223 e. The molecule has 110 valence electrons. The van der Waals surface area contributed by atoms with E-state index in [-0.39, 0.29) is 5.91 Å². The van der Waals surface area contributed by atoms with E-state index in [4.69, 9.17) is 0 Å². The van der Waals surface area contributed by atoms with Gasteiger partial charge in [-0.3, -0.25) is 14.8 Å². The zero-order chi connectivity index (χ0) is 14.9. The van der Waals surface area contributed by atoms with Gasteiger partial charge in [0.2, 0.25) is 5.91 Å². The fourth-order valence-electron chi connectivity index (χ4n) is 1.86. The van der Waals surface area contributed by atoms with Crippen molar-refractivity contribution in [2.75, 3.05) is 12.8 Å². The molecule has 0 bridgehead atoms. The topological polar surface area (TPSA) is 46.1 Å². The lowest BCUT2D eigenvalue weighted by atomic mass is 10.2. The van der Waals surface area contributed by atoms with Crippen LogP contribution in [-0.2, 0) is 17.1 Å². The predicted molar refractivity (Wildman–Crippen MR) is 85.7 cm³/mol. The summed E-state index contributed by atoms with van der Waals surface area (Å²) in [4.78, 5) is 21.9. The first-order valence-electron chi connectivity index (χ1n) is 6.86. The second kappa shape index (κ2) is 8.42. The molecule has 0 radical (unpaired) electrons. The monoisotopic (exact) mass is 301 g/mol. The fraction of sp³-hybridized carbons (Fsp3) is 0.312. The van der Waals surface area contributed by atoms with Crippen LogP contribution in [0.15, 0.2) is 48.9 Å². The molecule has 2 rings (SSSR count). The minimum Gasteiger partial charge on any atom is -0.340 e. The van der Waals surface area contributed by atoms with Gasteiger partial charge in [-0.05, 0) is 5.56 Å². The zero-order valence-electron chi connectivity index (χ0n) is 12.1. The molecule has 0 aliphatic rings. The van der Waals surface area contributed by atoms with Gasteiger partial charge in [0, 0.05) is 37.4 Å². The summed E-state index contributed by atoms with van der Waals surface area (Å²) in [5, 5.41) is 0. The van der Waals surface area contributed by atoms with Crippen LogP contribution in [-0.4, -0.2) is 33.6 Å². The van der Waals surface area contributed by atoms with Crippen molar-refractivity contribution in [1.82, 2.24) is 14.9 Å². The van der Waals surface area contributed by atoms with Crippen molar-refractivity contribution in [2.24, 2.45) is 0 Å². The highest BCUT2D eigenvalue weighted by atomic mass is 32.2. The molecule has 1 aromatic heterocycles. The lowest BCUT2D eigenvalue weighted by Crippen LogP contribution is -2.26. The van der Waals surface area contributed by atoms with Gasteiger partial charge in [-0.15, -0.1) is 0 Å². The molecule has 0 unspecified atom stereocenters. The van der Waals surface area contributed by atoms with Crippen LogP contribution >= 0.6 is 11.8 Å². The van der Waals surface area contributed by atoms with Gasteiger partial charge in [-0.2, -0.15) is 11.8 Å². The SMILES string of the molecule is CN(Cc1cnccn1)C(=O)CCSCc1ccccc1. The second-order valence-corrected chi connectivity index (χ2v) is 5.84. The molecule has 0 aliphatic carbocycles. The molecule has 0 aliphatic heterocycles. The van der Waals surface area contributed by atoms with Crippen molar-refractivity contribution >= 4 is 17.7 Å². The lowest BCUT2D eigenvalue weighted by Gasteiger charge is -2.16. The van der Waals surface area contributed by atoms with Crippen LogP contribution in [0.3, 0.4) is 0 Å². The van der Waals surface area contributed by atoms with Gasteiger partial charge < -0.3 is 4.90 Å². The Balaban J connectivity index is 1.67. The maximum absolute atomic E-state index is 12.0. The molecule has 0 N–H and O–H groups in total. The van der Waals surface area contributed by atoms with Crippen LogP contribution in [0.5, 0.6) is 0 Å². The van der Waals surface area contributed by atoms with Gasteiger partial charge in [-0.1, -0.05) is 30.3 Å². The van der Waals surface area contributed by atoms with E-state index < -0.39 is 0 Å². The summed E-state index contributed by atoms with van der Waals surface area (Å²) >= 11 is 1.78. The zero-order valence-corrected chi connectivity index (χ0v) is 12.9. The van der Waals surface area contributed by atoms with Crippen LogP contribution in [0.25, 0.3) is 0 Å². The average molecular weight is 301 g/mol. The minimum absolute atomic E-state index is 0.140. The Morgan fingerprint density at radius 1 is 1.24 bits per heavy atom. The Morgan fingerprint density at radius 3 is 2.76 bits per heavy atom. The molecule has 0 spiro atoms. The quantitative estimate of drug-likeness (QED) is 0.738. The number of nitrogens with zero attached hydrogens (tertiary/aromatic N) is 3. The van der Waals surface area contributed by atoms with Crippen LogP contribution in [0.1, 0.15) is 17.7 Å². The number of thioether (sulfide) groups is 1. The van der Waals surface area contributed by atoms with Crippen molar-refractivity contribution in [3.63, 3.8) is 0 Å². The summed E-state index contributed by atoms with van der Waals surface area (Å²) in [6.07, 6.45) is 5.51. The van der Waals surface area contributed by atoms with E-state index in [0.717, 1.165) is 17.2 Å². The molecule has 2 aromatic rings. The number of hydrogen-bond acceptors (Lipinski definition) is 4. The third-order valence-electron chi connectivity index (χ3n) is 3.01. The van der Waals surface area contributed by atoms with Gasteiger partial charge in [0.1, 0.15) is 0 Å². The summed E-state index contributed by atoms with van der Waals surface area (Å²) in [7, 11) is 1.80. The molecule has 21 heavy (non-hydrogen) atoms. The largest absolute Gasteiger partial charge is 0.340 e. The summed E-state index contributed by atoms with van der Waals surface area (Å²) in [6.45, 7) is 0.510. The van der Waals surface area contributed by atoms with Crippen molar-refractivity contribution in [1.29, 1.82) is 0 Å². The maximum atomic E-state index is 12.0. The number of aromatic nitrogens is 2. The van der Waals surface area contributed by atoms with E-state index in [0.29, 0.717) is 13.0 Å². The average Bonchev–Trinajstić information content (AvgIpc) is 2.53. The lowest BCUT2D eigenvalue weighted by molar-refractivity contribution is -0.130. The fourth-order valence-corrected chi connectivity index (χ4v) is 2.75. The third-order valence-corrected chi connectivity index (χ3v) is 4.04. The molecule has 1 amide bonds. The molecule has 0 fully saturated rings. The molecule has 1 heterocycles. The number of carbonyl (C=O) groups excluding carboxylic acids is 1. The van der Waals surface area contributed by atoms with Crippen LogP contribution in [0.4, 0.5) is 0 Å². The standard InChI is InChI=1S/C16H19N3OS/c1-19(12-15-11-17-8-9-18-15)16(20)7-10-21-13-14-5-3-2-4-6-14/h2-6,8-9,11H,7,10,12-13H2,1H3. The summed E-state index contributed by atoms with van der Waals surface area (Å²) in [5.74, 6) is 1.92. The second-order valence-electron chi connectivity index (χ2n) is 4.73. The number of benzene rings is 1. The Bertz CT molecular complexity index is 548. The molecule has 0 saturated carbocycles. The first kappa shape index (κ1) is 15.5. The molecule has 0 atom stereocenters. The molecule has 5 heteroatoms. The summed E-state index contributed by atoms with van der Waals surface area (Å²) in [5.41, 5.74) is 2.10. The van der Waals surface area contributed by atoms with Crippen LogP contribution in [0.2, 0.25) is 0 Å². The van der Waals surface area contributed by atoms with E-state index in [1.165, 1.54) is 5.56 Å². The molecule has 4 nitrogen and oxygen atoms in total.